The minimum absolute atomic E-state index is 0.0328. The van der Waals surface area contributed by atoms with Crippen molar-refractivity contribution in [1.82, 2.24) is 4.57 Å². The van der Waals surface area contributed by atoms with Crippen molar-refractivity contribution in [3.8, 4) is 11.8 Å². The first kappa shape index (κ1) is 18.1. The average Bonchev–Trinajstić information content (AvgIpc) is 2.58. The molecule has 0 fully saturated rings. The minimum atomic E-state index is -0.574. The van der Waals surface area contributed by atoms with Crippen LogP contribution in [0.4, 0.5) is 5.69 Å². The molecule has 1 atom stereocenters. The number of nitrogens with two attached hydrogens (primary N) is 1. The zero-order chi connectivity index (χ0) is 19.2. The second-order valence-corrected chi connectivity index (χ2v) is 7.31. The third-order valence-electron chi connectivity index (χ3n) is 4.64. The zero-order valence-corrected chi connectivity index (χ0v) is 16.6. The van der Waals surface area contributed by atoms with Gasteiger partial charge in [0.05, 0.1) is 17.2 Å². The van der Waals surface area contributed by atoms with E-state index in [1.165, 1.54) is 0 Å². The number of aromatic nitrogens is 1. The molecule has 1 aromatic heterocycles. The van der Waals surface area contributed by atoms with Crippen molar-refractivity contribution in [2.45, 2.75) is 12.8 Å². The quantitative estimate of drug-likeness (QED) is 0.816. The van der Waals surface area contributed by atoms with E-state index in [0.29, 0.717) is 11.3 Å². The highest BCUT2D eigenvalue weighted by Crippen LogP contribution is 2.42. The van der Waals surface area contributed by atoms with Crippen LogP contribution >= 0.6 is 15.9 Å². The largest absolute Gasteiger partial charge is 0.440 e. The number of pyridine rings is 1. The standard InChI is InChI=1S/C19H19BrN4O2/c1-10-7-15-17(19(25)24(10)4)16(12(9-21)18(22)26-15)11-5-6-14(23(2)3)13(20)8-11/h5-8,16H,22H2,1-4H3/t16-/m0/s1. The van der Waals surface area contributed by atoms with Gasteiger partial charge in [-0.05, 0) is 40.5 Å². The zero-order valence-electron chi connectivity index (χ0n) is 15.0. The Hall–Kier alpha value is -2.72. The lowest BCUT2D eigenvalue weighted by atomic mass is 9.84. The maximum absolute atomic E-state index is 12.9. The van der Waals surface area contributed by atoms with E-state index in [4.69, 9.17) is 10.5 Å². The molecule has 2 aromatic rings. The van der Waals surface area contributed by atoms with Crippen LogP contribution < -0.4 is 20.9 Å². The fourth-order valence-electron chi connectivity index (χ4n) is 3.14. The van der Waals surface area contributed by atoms with E-state index in [2.05, 4.69) is 22.0 Å². The molecule has 0 radical (unpaired) electrons. The summed E-state index contributed by atoms with van der Waals surface area (Å²) in [5.74, 6) is -0.138. The number of halogens is 1. The molecule has 1 aromatic carbocycles. The van der Waals surface area contributed by atoms with Gasteiger partial charge < -0.3 is 19.9 Å². The molecular formula is C19H19BrN4O2. The van der Waals surface area contributed by atoms with Crippen LogP contribution in [0.3, 0.4) is 0 Å². The lowest BCUT2D eigenvalue weighted by Crippen LogP contribution is -2.31. The molecule has 1 aliphatic heterocycles. The van der Waals surface area contributed by atoms with E-state index in [9.17, 15) is 10.1 Å². The predicted molar refractivity (Wildman–Crippen MR) is 104 cm³/mol. The number of allylic oxidation sites excluding steroid dienone is 1. The molecule has 0 saturated heterocycles. The third-order valence-corrected chi connectivity index (χ3v) is 5.27. The molecule has 2 heterocycles. The molecule has 2 N–H and O–H groups in total. The number of ether oxygens (including phenoxy) is 1. The molecule has 0 unspecified atom stereocenters. The van der Waals surface area contributed by atoms with E-state index in [-0.39, 0.29) is 17.0 Å². The summed E-state index contributed by atoms with van der Waals surface area (Å²) < 4.78 is 8.02. The number of rotatable bonds is 2. The van der Waals surface area contributed by atoms with Gasteiger partial charge in [-0.3, -0.25) is 4.79 Å². The van der Waals surface area contributed by atoms with Crippen molar-refractivity contribution >= 4 is 21.6 Å². The molecule has 0 aliphatic carbocycles. The minimum Gasteiger partial charge on any atom is -0.440 e. The van der Waals surface area contributed by atoms with Gasteiger partial charge in [-0.2, -0.15) is 5.26 Å². The summed E-state index contributed by atoms with van der Waals surface area (Å²) >= 11 is 3.57. The van der Waals surface area contributed by atoms with Gasteiger partial charge in [-0.25, -0.2) is 0 Å². The Morgan fingerprint density at radius 3 is 2.62 bits per heavy atom. The van der Waals surface area contributed by atoms with E-state index in [0.717, 1.165) is 21.4 Å². The van der Waals surface area contributed by atoms with Crippen molar-refractivity contribution in [1.29, 1.82) is 5.26 Å². The number of hydrogen-bond acceptors (Lipinski definition) is 5. The van der Waals surface area contributed by atoms with E-state index in [1.54, 1.807) is 17.7 Å². The highest BCUT2D eigenvalue weighted by Gasteiger charge is 2.34. The van der Waals surface area contributed by atoms with Crippen LogP contribution in [-0.2, 0) is 7.05 Å². The van der Waals surface area contributed by atoms with Crippen molar-refractivity contribution in [3.05, 3.63) is 67.4 Å². The summed E-state index contributed by atoms with van der Waals surface area (Å²) in [5.41, 5.74) is 9.01. The van der Waals surface area contributed by atoms with E-state index in [1.807, 2.05) is 44.1 Å². The van der Waals surface area contributed by atoms with E-state index >= 15 is 0 Å². The summed E-state index contributed by atoms with van der Waals surface area (Å²) in [5, 5.41) is 9.65. The van der Waals surface area contributed by atoms with Crippen LogP contribution in [0.25, 0.3) is 0 Å². The van der Waals surface area contributed by atoms with Gasteiger partial charge in [0.1, 0.15) is 17.4 Å². The van der Waals surface area contributed by atoms with Crippen LogP contribution in [0.5, 0.6) is 5.75 Å². The van der Waals surface area contributed by atoms with Crippen molar-refractivity contribution in [2.24, 2.45) is 12.8 Å². The lowest BCUT2D eigenvalue weighted by Gasteiger charge is -2.27. The number of fused-ring (bicyclic) bond motifs is 1. The predicted octanol–water partition coefficient (Wildman–Crippen LogP) is 2.74. The molecule has 6 nitrogen and oxygen atoms in total. The molecule has 3 rings (SSSR count). The highest BCUT2D eigenvalue weighted by atomic mass is 79.9. The first-order valence-corrected chi connectivity index (χ1v) is 8.80. The van der Waals surface area contributed by atoms with Crippen molar-refractivity contribution in [2.75, 3.05) is 19.0 Å². The molecule has 0 spiro atoms. The Morgan fingerprint density at radius 1 is 1.35 bits per heavy atom. The highest BCUT2D eigenvalue weighted by molar-refractivity contribution is 9.10. The van der Waals surface area contributed by atoms with Gasteiger partial charge in [-0.15, -0.1) is 0 Å². The smallest absolute Gasteiger partial charge is 0.258 e. The fourth-order valence-corrected chi connectivity index (χ4v) is 3.89. The van der Waals surface area contributed by atoms with Crippen LogP contribution in [0, 0.1) is 18.3 Å². The van der Waals surface area contributed by atoms with E-state index < -0.39 is 5.92 Å². The van der Waals surface area contributed by atoms with Gasteiger partial charge in [0, 0.05) is 37.4 Å². The first-order valence-electron chi connectivity index (χ1n) is 8.01. The van der Waals surface area contributed by atoms with Crippen LogP contribution in [0.1, 0.15) is 22.7 Å². The third kappa shape index (κ3) is 2.76. The summed E-state index contributed by atoms with van der Waals surface area (Å²) in [6.45, 7) is 1.82. The van der Waals surface area contributed by atoms with Gasteiger partial charge in [0.15, 0.2) is 0 Å². The number of nitrogens with zero attached hydrogens (tertiary/aromatic N) is 3. The molecular weight excluding hydrogens is 396 g/mol. The maximum Gasteiger partial charge on any atom is 0.258 e. The summed E-state index contributed by atoms with van der Waals surface area (Å²) in [6.07, 6.45) is 0. The average molecular weight is 415 g/mol. The Balaban J connectivity index is 2.30. The molecule has 1 aliphatic rings. The number of anilines is 1. The molecule has 7 heteroatoms. The SMILES string of the molecule is Cc1cc2c(c(=O)n1C)[C@@H](c1ccc(N(C)C)c(Br)c1)C(C#N)=C(N)O2. The van der Waals surface area contributed by atoms with Gasteiger partial charge >= 0.3 is 0 Å². The first-order chi connectivity index (χ1) is 12.3. The molecule has 134 valence electrons. The second-order valence-electron chi connectivity index (χ2n) is 6.46. The van der Waals surface area contributed by atoms with Crippen LogP contribution in [0.15, 0.2) is 45.0 Å². The van der Waals surface area contributed by atoms with Gasteiger partial charge in [-0.1, -0.05) is 6.07 Å². The molecule has 0 amide bonds. The van der Waals surface area contributed by atoms with Crippen LogP contribution in [0.2, 0.25) is 0 Å². The summed E-state index contributed by atoms with van der Waals surface area (Å²) in [7, 11) is 5.59. The van der Waals surface area contributed by atoms with Crippen molar-refractivity contribution < 1.29 is 4.74 Å². The number of benzene rings is 1. The Labute approximate surface area is 160 Å². The summed E-state index contributed by atoms with van der Waals surface area (Å²) in [6, 6.07) is 9.65. The summed E-state index contributed by atoms with van der Waals surface area (Å²) in [4.78, 5) is 14.9. The second kappa shape index (κ2) is 6.54. The van der Waals surface area contributed by atoms with Gasteiger partial charge in [0.25, 0.3) is 5.56 Å². The van der Waals surface area contributed by atoms with Gasteiger partial charge in [0.2, 0.25) is 5.88 Å². The maximum atomic E-state index is 12.9. The number of aryl methyl sites for hydroxylation is 1. The monoisotopic (exact) mass is 414 g/mol. The normalized spacial score (nSPS) is 15.9. The molecule has 26 heavy (non-hydrogen) atoms. The van der Waals surface area contributed by atoms with Crippen molar-refractivity contribution in [3.63, 3.8) is 0 Å². The lowest BCUT2D eigenvalue weighted by molar-refractivity contribution is 0.389. The Bertz CT molecular complexity index is 1030. The Kier molecular flexibility index (Phi) is 4.55. The fraction of sp³-hybridized carbons (Fsp3) is 0.263. The molecule has 0 saturated carbocycles. The molecule has 0 bridgehead atoms. The number of hydrogen-bond donors (Lipinski definition) is 1. The topological polar surface area (TPSA) is 84.3 Å². The Morgan fingerprint density at radius 2 is 2.04 bits per heavy atom. The van der Waals surface area contributed by atoms with Crippen LogP contribution in [-0.4, -0.2) is 18.7 Å². The number of nitriles is 1.